The van der Waals surface area contributed by atoms with Crippen LogP contribution < -0.4 is 11.1 Å². The predicted molar refractivity (Wildman–Crippen MR) is 68.6 cm³/mol. The Morgan fingerprint density at radius 1 is 1.37 bits per heavy atom. The van der Waals surface area contributed by atoms with E-state index in [2.05, 4.69) is 10.3 Å². The van der Waals surface area contributed by atoms with Crippen molar-refractivity contribution in [2.45, 2.75) is 19.5 Å². The number of aromatic nitrogens is 2. The topological polar surface area (TPSA) is 55.9 Å². The lowest BCUT2D eigenvalue weighted by Gasteiger charge is -2.17. The largest absolute Gasteiger partial charge is 0.356 e. The van der Waals surface area contributed by atoms with Crippen molar-refractivity contribution in [3.8, 4) is 11.3 Å². The second-order valence-electron chi connectivity index (χ2n) is 4.49. The third-order valence-corrected chi connectivity index (χ3v) is 3.29. The summed E-state index contributed by atoms with van der Waals surface area (Å²) >= 11 is 0. The van der Waals surface area contributed by atoms with E-state index in [0.29, 0.717) is 11.6 Å². The average Bonchev–Trinajstić information content (AvgIpc) is 2.79. The molecule has 1 aliphatic rings. The Kier molecular flexibility index (Phi) is 2.94. The average molecular weight is 264 g/mol. The van der Waals surface area contributed by atoms with E-state index in [0.717, 1.165) is 43.4 Å². The quantitative estimate of drug-likeness (QED) is 0.873. The van der Waals surface area contributed by atoms with Crippen molar-refractivity contribution >= 4 is 5.95 Å². The van der Waals surface area contributed by atoms with E-state index in [1.54, 1.807) is 0 Å². The zero-order valence-corrected chi connectivity index (χ0v) is 10.3. The van der Waals surface area contributed by atoms with E-state index in [1.807, 2.05) is 4.57 Å². The van der Waals surface area contributed by atoms with Crippen molar-refractivity contribution in [3.63, 3.8) is 0 Å². The molecular weight excluding hydrogens is 250 g/mol. The molecule has 0 radical (unpaired) electrons. The van der Waals surface area contributed by atoms with Gasteiger partial charge in [-0.15, -0.1) is 0 Å². The van der Waals surface area contributed by atoms with Crippen LogP contribution in [-0.2, 0) is 13.1 Å². The van der Waals surface area contributed by atoms with Crippen molar-refractivity contribution in [3.05, 3.63) is 35.5 Å². The Labute approximate surface area is 109 Å². The first-order chi connectivity index (χ1) is 9.20. The molecule has 0 fully saturated rings. The second-order valence-corrected chi connectivity index (χ2v) is 4.49. The third kappa shape index (κ3) is 1.98. The highest BCUT2D eigenvalue weighted by atomic mass is 19.1. The summed E-state index contributed by atoms with van der Waals surface area (Å²) in [7, 11) is 0. The van der Waals surface area contributed by atoms with Crippen molar-refractivity contribution in [1.29, 1.82) is 0 Å². The van der Waals surface area contributed by atoms with Gasteiger partial charge in [-0.3, -0.25) is 0 Å². The van der Waals surface area contributed by atoms with Crippen LogP contribution in [0.1, 0.15) is 12.1 Å². The summed E-state index contributed by atoms with van der Waals surface area (Å²) in [6, 6.07) is 3.36. The molecule has 2 heterocycles. The van der Waals surface area contributed by atoms with Crippen molar-refractivity contribution < 1.29 is 8.78 Å². The number of imidazole rings is 1. The highest BCUT2D eigenvalue weighted by molar-refractivity contribution is 5.65. The van der Waals surface area contributed by atoms with Crippen LogP contribution in [0.2, 0.25) is 0 Å². The Hall–Kier alpha value is -1.95. The number of nitrogens with two attached hydrogens (primary N) is 1. The van der Waals surface area contributed by atoms with Gasteiger partial charge in [-0.1, -0.05) is 0 Å². The normalized spacial score (nSPS) is 14.1. The zero-order chi connectivity index (χ0) is 13.4. The van der Waals surface area contributed by atoms with Gasteiger partial charge in [-0.25, -0.2) is 13.8 Å². The van der Waals surface area contributed by atoms with Gasteiger partial charge in [0.1, 0.15) is 11.6 Å². The van der Waals surface area contributed by atoms with Gasteiger partial charge in [0.2, 0.25) is 5.95 Å². The van der Waals surface area contributed by atoms with E-state index in [-0.39, 0.29) is 12.1 Å². The van der Waals surface area contributed by atoms with E-state index in [4.69, 9.17) is 5.73 Å². The number of anilines is 1. The van der Waals surface area contributed by atoms with E-state index in [1.165, 1.54) is 0 Å². The molecule has 2 aromatic rings. The first kappa shape index (κ1) is 12.1. The van der Waals surface area contributed by atoms with Gasteiger partial charge in [0.05, 0.1) is 11.4 Å². The van der Waals surface area contributed by atoms with Crippen LogP contribution >= 0.6 is 0 Å². The van der Waals surface area contributed by atoms with Gasteiger partial charge in [0, 0.05) is 25.2 Å². The molecule has 0 amide bonds. The number of fused-ring (bicyclic) bond motifs is 1. The van der Waals surface area contributed by atoms with E-state index in [9.17, 15) is 8.78 Å². The summed E-state index contributed by atoms with van der Waals surface area (Å²) in [5, 5.41) is 3.14. The molecule has 0 unspecified atom stereocenters. The molecule has 0 aliphatic carbocycles. The maximum Gasteiger partial charge on any atom is 0.203 e. The zero-order valence-electron chi connectivity index (χ0n) is 10.3. The van der Waals surface area contributed by atoms with Gasteiger partial charge >= 0.3 is 0 Å². The Morgan fingerprint density at radius 3 is 3.00 bits per heavy atom. The Bertz CT molecular complexity index is 621. The fourth-order valence-electron chi connectivity index (χ4n) is 2.40. The maximum absolute atomic E-state index is 13.9. The number of benzene rings is 1. The SMILES string of the molecule is NCc1c(-c2cc(F)ccc2F)nc2n1CCCN2. The van der Waals surface area contributed by atoms with Crippen LogP contribution in [0.15, 0.2) is 18.2 Å². The minimum Gasteiger partial charge on any atom is -0.356 e. The number of halogens is 2. The summed E-state index contributed by atoms with van der Waals surface area (Å²) < 4.78 is 29.1. The molecule has 0 atom stereocenters. The molecule has 0 saturated carbocycles. The van der Waals surface area contributed by atoms with Gasteiger partial charge in [0.25, 0.3) is 0 Å². The molecule has 3 N–H and O–H groups in total. The summed E-state index contributed by atoms with van der Waals surface area (Å²) in [4.78, 5) is 4.36. The van der Waals surface area contributed by atoms with Crippen molar-refractivity contribution in [2.24, 2.45) is 5.73 Å². The van der Waals surface area contributed by atoms with Crippen LogP contribution in [0.5, 0.6) is 0 Å². The fraction of sp³-hybridized carbons (Fsp3) is 0.308. The van der Waals surface area contributed by atoms with Gasteiger partial charge in [-0.05, 0) is 24.6 Å². The molecule has 4 nitrogen and oxygen atoms in total. The predicted octanol–water partition coefficient (Wildman–Crippen LogP) is 2.10. The van der Waals surface area contributed by atoms with Crippen LogP contribution in [-0.4, -0.2) is 16.1 Å². The van der Waals surface area contributed by atoms with Crippen LogP contribution in [0.25, 0.3) is 11.3 Å². The molecule has 0 bridgehead atoms. The third-order valence-electron chi connectivity index (χ3n) is 3.29. The van der Waals surface area contributed by atoms with Gasteiger partial charge in [-0.2, -0.15) is 0 Å². The van der Waals surface area contributed by atoms with Crippen LogP contribution in [0.3, 0.4) is 0 Å². The molecule has 6 heteroatoms. The highest BCUT2D eigenvalue weighted by Gasteiger charge is 2.21. The molecule has 1 aromatic heterocycles. The molecule has 19 heavy (non-hydrogen) atoms. The lowest BCUT2D eigenvalue weighted by atomic mass is 10.1. The number of hydrogen-bond acceptors (Lipinski definition) is 3. The molecule has 1 aromatic carbocycles. The lowest BCUT2D eigenvalue weighted by Crippen LogP contribution is -2.19. The van der Waals surface area contributed by atoms with Crippen molar-refractivity contribution in [2.75, 3.05) is 11.9 Å². The minimum absolute atomic E-state index is 0.157. The first-order valence-corrected chi connectivity index (χ1v) is 6.19. The smallest absolute Gasteiger partial charge is 0.203 e. The van der Waals surface area contributed by atoms with Crippen LogP contribution in [0.4, 0.5) is 14.7 Å². The molecule has 0 saturated heterocycles. The van der Waals surface area contributed by atoms with Crippen molar-refractivity contribution in [1.82, 2.24) is 9.55 Å². The van der Waals surface area contributed by atoms with E-state index >= 15 is 0 Å². The van der Waals surface area contributed by atoms with Gasteiger partial charge in [0.15, 0.2) is 0 Å². The first-order valence-electron chi connectivity index (χ1n) is 6.19. The summed E-state index contributed by atoms with van der Waals surface area (Å²) in [5.41, 5.74) is 7.05. The number of hydrogen-bond donors (Lipinski definition) is 2. The number of rotatable bonds is 2. The molecule has 3 rings (SSSR count). The Morgan fingerprint density at radius 2 is 2.21 bits per heavy atom. The van der Waals surface area contributed by atoms with Gasteiger partial charge < -0.3 is 15.6 Å². The Balaban J connectivity index is 2.19. The monoisotopic (exact) mass is 264 g/mol. The second kappa shape index (κ2) is 4.62. The number of nitrogens with one attached hydrogen (secondary N) is 1. The van der Waals surface area contributed by atoms with E-state index < -0.39 is 11.6 Å². The summed E-state index contributed by atoms with van der Waals surface area (Å²) in [5.74, 6) is -0.310. The standard InChI is InChI=1S/C13H14F2N4/c14-8-2-3-10(15)9(6-8)12-11(7-16)19-5-1-4-17-13(19)18-12/h2-3,6H,1,4-5,7,16H2,(H,17,18). The van der Waals surface area contributed by atoms with Crippen LogP contribution in [0, 0.1) is 11.6 Å². The lowest BCUT2D eigenvalue weighted by molar-refractivity contribution is 0.599. The minimum atomic E-state index is -0.494. The molecular formula is C13H14F2N4. The molecule has 100 valence electrons. The molecule has 1 aliphatic heterocycles. The summed E-state index contributed by atoms with van der Waals surface area (Å²) in [6.45, 7) is 1.85. The summed E-state index contributed by atoms with van der Waals surface area (Å²) in [6.07, 6.45) is 0.960. The fourth-order valence-corrected chi connectivity index (χ4v) is 2.40. The highest BCUT2D eigenvalue weighted by Crippen LogP contribution is 2.30. The number of nitrogens with zero attached hydrogens (tertiary/aromatic N) is 2. The molecule has 0 spiro atoms. The maximum atomic E-state index is 13.9.